The number of piperidine rings is 1. The number of amides is 1. The van der Waals surface area contributed by atoms with Gasteiger partial charge in [0.15, 0.2) is 0 Å². The van der Waals surface area contributed by atoms with E-state index < -0.39 is 53.4 Å². The van der Waals surface area contributed by atoms with Crippen LogP contribution >= 0.6 is 0 Å². The summed E-state index contributed by atoms with van der Waals surface area (Å²) in [7, 11) is 0. The number of carbonyl (C=O) groups excluding carboxylic acids is 1. The fourth-order valence-corrected chi connectivity index (χ4v) is 3.59. The van der Waals surface area contributed by atoms with Crippen molar-refractivity contribution >= 4 is 6.09 Å². The van der Waals surface area contributed by atoms with Gasteiger partial charge in [-0.15, -0.1) is 0 Å². The minimum absolute atomic E-state index is 0.0765. The number of aryl methyl sites for hydroxylation is 1. The normalized spacial score (nSPS) is 30.4. The molecule has 3 heterocycles. The summed E-state index contributed by atoms with van der Waals surface area (Å²) in [6.07, 6.45) is -1.28. The maximum atomic E-state index is 12.5. The van der Waals surface area contributed by atoms with Crippen molar-refractivity contribution in [3.8, 4) is 0 Å². The second kappa shape index (κ2) is 6.47. The van der Waals surface area contributed by atoms with Gasteiger partial charge in [-0.3, -0.25) is 14.3 Å². The Kier molecular flexibility index (Phi) is 4.69. The molecule has 10 nitrogen and oxygen atoms in total. The number of hydrogen-bond acceptors (Lipinski definition) is 7. The van der Waals surface area contributed by atoms with Crippen molar-refractivity contribution in [2.24, 2.45) is 5.92 Å². The summed E-state index contributed by atoms with van der Waals surface area (Å²) in [5, 5.41) is 20.6. The number of nitrogens with one attached hydrogen (secondary N) is 1. The second-order valence-corrected chi connectivity index (χ2v) is 8.18. The van der Waals surface area contributed by atoms with Crippen LogP contribution in [0.15, 0.2) is 15.8 Å². The fourth-order valence-electron chi connectivity index (χ4n) is 3.59. The van der Waals surface area contributed by atoms with Crippen LogP contribution in [-0.2, 0) is 9.47 Å². The molecule has 4 atom stereocenters. The molecule has 1 aromatic rings. The van der Waals surface area contributed by atoms with E-state index in [0.29, 0.717) is 5.56 Å². The Bertz CT molecular complexity index is 855. The third-order valence-corrected chi connectivity index (χ3v) is 4.90. The quantitative estimate of drug-likeness (QED) is 0.617. The van der Waals surface area contributed by atoms with Gasteiger partial charge in [0.2, 0.25) is 0 Å². The van der Waals surface area contributed by atoms with E-state index in [9.17, 15) is 24.6 Å². The number of hydrogen-bond donors (Lipinski definition) is 3. The second-order valence-electron chi connectivity index (χ2n) is 8.18. The van der Waals surface area contributed by atoms with E-state index in [1.165, 1.54) is 15.7 Å². The average Bonchev–Trinajstić information content (AvgIpc) is 2.73. The van der Waals surface area contributed by atoms with E-state index in [-0.39, 0.29) is 13.1 Å². The number of H-pyrrole nitrogens is 1. The van der Waals surface area contributed by atoms with Gasteiger partial charge in [-0.25, -0.2) is 9.59 Å². The fraction of sp³-hybridized carbons (Fsp3) is 0.706. The molecule has 150 valence electrons. The van der Waals surface area contributed by atoms with Crippen LogP contribution in [0, 0.1) is 12.8 Å². The summed E-state index contributed by atoms with van der Waals surface area (Å²) in [4.78, 5) is 39.9. The lowest BCUT2D eigenvalue weighted by atomic mass is 9.85. The first kappa shape index (κ1) is 19.6. The van der Waals surface area contributed by atoms with Crippen LogP contribution in [0.5, 0.6) is 0 Å². The number of aromatic nitrogens is 2. The maximum Gasteiger partial charge on any atom is 0.410 e. The van der Waals surface area contributed by atoms with Gasteiger partial charge in [0, 0.05) is 18.3 Å². The number of aliphatic hydroxyl groups is 2. The predicted molar refractivity (Wildman–Crippen MR) is 93.3 cm³/mol. The first-order valence-corrected chi connectivity index (χ1v) is 8.74. The smallest absolute Gasteiger partial charge is 0.410 e. The number of rotatable bonds is 2. The number of aliphatic hydroxyl groups excluding tert-OH is 2. The molecule has 3 rings (SSSR count). The van der Waals surface area contributed by atoms with E-state index in [1.807, 2.05) is 0 Å². The summed E-state index contributed by atoms with van der Waals surface area (Å²) >= 11 is 0. The summed E-state index contributed by atoms with van der Waals surface area (Å²) in [5.41, 5.74) is -3.03. The zero-order chi connectivity index (χ0) is 20.1. The molecule has 0 aromatic carbocycles. The van der Waals surface area contributed by atoms with Crippen LogP contribution in [0.2, 0.25) is 0 Å². The first-order valence-electron chi connectivity index (χ1n) is 8.74. The van der Waals surface area contributed by atoms with Crippen LogP contribution in [0.3, 0.4) is 0 Å². The van der Waals surface area contributed by atoms with Crippen molar-refractivity contribution in [3.05, 3.63) is 32.6 Å². The van der Waals surface area contributed by atoms with E-state index >= 15 is 0 Å². The Morgan fingerprint density at radius 1 is 1.44 bits per heavy atom. The van der Waals surface area contributed by atoms with Gasteiger partial charge in [0.05, 0.1) is 25.2 Å². The van der Waals surface area contributed by atoms with Gasteiger partial charge in [0.1, 0.15) is 17.4 Å². The van der Waals surface area contributed by atoms with E-state index in [2.05, 4.69) is 4.98 Å². The van der Waals surface area contributed by atoms with Crippen molar-refractivity contribution in [1.29, 1.82) is 0 Å². The summed E-state index contributed by atoms with van der Waals surface area (Å²) in [5.74, 6) is -0.679. The third kappa shape index (κ3) is 3.40. The molecular weight excluding hydrogens is 358 g/mol. The Balaban J connectivity index is 1.96. The molecule has 1 amide bonds. The number of nitrogens with zero attached hydrogens (tertiary/aromatic N) is 2. The Labute approximate surface area is 155 Å². The van der Waals surface area contributed by atoms with E-state index in [1.54, 1.807) is 27.7 Å². The summed E-state index contributed by atoms with van der Waals surface area (Å²) in [6, 6.07) is 0. The van der Waals surface area contributed by atoms with E-state index in [4.69, 9.17) is 9.47 Å². The standard InChI is InChI=1S/C17H25N3O7/c1-9-5-20(14(24)18-12(9)23)13-10-6-19(15(25)27-16(2,3)4)7-17(8-21,26-13)11(10)22/h5,10-11,13,21-22H,6-8H2,1-4H3,(H,18,23,24)/t10-,11+,13-,17-/m1/s1. The molecule has 27 heavy (non-hydrogen) atoms. The molecular formula is C17H25N3O7. The predicted octanol–water partition coefficient (Wildman–Crippen LogP) is -0.667. The molecule has 0 radical (unpaired) electrons. The molecule has 0 unspecified atom stereocenters. The number of carbonyl (C=O) groups is 1. The van der Waals surface area contributed by atoms with Crippen molar-refractivity contribution in [2.75, 3.05) is 19.7 Å². The highest BCUT2D eigenvalue weighted by atomic mass is 16.6. The maximum absolute atomic E-state index is 12.5. The molecule has 0 aliphatic carbocycles. The van der Waals surface area contributed by atoms with Gasteiger partial charge in [-0.05, 0) is 27.7 Å². The molecule has 2 fully saturated rings. The molecule has 3 N–H and O–H groups in total. The zero-order valence-electron chi connectivity index (χ0n) is 15.8. The lowest BCUT2D eigenvalue weighted by Crippen LogP contribution is -2.60. The van der Waals surface area contributed by atoms with Crippen LogP contribution in [0.25, 0.3) is 0 Å². The number of fused-ring (bicyclic) bond motifs is 2. The highest BCUT2D eigenvalue weighted by Crippen LogP contribution is 2.45. The van der Waals surface area contributed by atoms with Gasteiger partial charge in [-0.1, -0.05) is 0 Å². The van der Waals surface area contributed by atoms with Crippen LogP contribution in [0.4, 0.5) is 4.79 Å². The molecule has 2 bridgehead atoms. The molecule has 2 aliphatic heterocycles. The highest BCUT2D eigenvalue weighted by Gasteiger charge is 2.60. The number of likely N-dealkylation sites (tertiary alicyclic amines) is 1. The summed E-state index contributed by atoms with van der Waals surface area (Å²) in [6.45, 7) is 6.21. The van der Waals surface area contributed by atoms with Gasteiger partial charge in [-0.2, -0.15) is 0 Å². The van der Waals surface area contributed by atoms with Crippen molar-refractivity contribution in [1.82, 2.24) is 14.5 Å². The molecule has 0 spiro atoms. The van der Waals surface area contributed by atoms with Gasteiger partial charge >= 0.3 is 11.8 Å². The van der Waals surface area contributed by atoms with Crippen molar-refractivity contribution in [3.63, 3.8) is 0 Å². The SMILES string of the molecule is Cc1cn([C@@H]2O[C@@]3(CO)CN(C(=O)OC(C)(C)C)C[C@@H]2[C@@H]3O)c(=O)[nH]c1=O. The van der Waals surface area contributed by atoms with Gasteiger partial charge in [0.25, 0.3) is 5.56 Å². The topological polar surface area (TPSA) is 134 Å². The van der Waals surface area contributed by atoms with Crippen molar-refractivity contribution in [2.45, 2.75) is 51.2 Å². The third-order valence-electron chi connectivity index (χ3n) is 4.90. The molecule has 2 saturated heterocycles. The monoisotopic (exact) mass is 383 g/mol. The lowest BCUT2D eigenvalue weighted by molar-refractivity contribution is -0.139. The largest absolute Gasteiger partial charge is 0.444 e. The van der Waals surface area contributed by atoms with Crippen LogP contribution < -0.4 is 11.2 Å². The Hall–Kier alpha value is -2.17. The molecule has 1 aromatic heterocycles. The van der Waals surface area contributed by atoms with Crippen LogP contribution in [-0.4, -0.2) is 67.8 Å². The lowest BCUT2D eigenvalue weighted by Gasteiger charge is -2.40. The van der Waals surface area contributed by atoms with Crippen molar-refractivity contribution < 1.29 is 24.5 Å². The first-order chi connectivity index (χ1) is 12.5. The molecule has 10 heteroatoms. The highest BCUT2D eigenvalue weighted by molar-refractivity contribution is 5.68. The number of ether oxygens (including phenoxy) is 2. The van der Waals surface area contributed by atoms with Crippen LogP contribution in [0.1, 0.15) is 32.6 Å². The zero-order valence-corrected chi connectivity index (χ0v) is 15.8. The summed E-state index contributed by atoms with van der Waals surface area (Å²) < 4.78 is 12.5. The average molecular weight is 383 g/mol. The molecule has 0 saturated carbocycles. The van der Waals surface area contributed by atoms with E-state index in [0.717, 1.165) is 0 Å². The Morgan fingerprint density at radius 3 is 2.70 bits per heavy atom. The number of aromatic amines is 1. The minimum atomic E-state index is -1.44. The van der Waals surface area contributed by atoms with Gasteiger partial charge < -0.3 is 24.6 Å². The Morgan fingerprint density at radius 2 is 2.11 bits per heavy atom. The minimum Gasteiger partial charge on any atom is -0.444 e. The molecule has 2 aliphatic rings.